The lowest BCUT2D eigenvalue weighted by Crippen LogP contribution is -2.21. The maximum absolute atomic E-state index is 12.4. The van der Waals surface area contributed by atoms with Crippen molar-refractivity contribution in [2.75, 3.05) is 5.32 Å². The number of fused-ring (bicyclic) bond motifs is 2. The van der Waals surface area contributed by atoms with Crippen molar-refractivity contribution in [1.82, 2.24) is 9.97 Å². The topological polar surface area (TPSA) is 74.8 Å². The minimum absolute atomic E-state index is 0.0286. The SMILES string of the molecule is CCC(CC)C(=O)Nc1ccc2nc(SCc3cc(=O)c4cccc(Cl)c4[nH]3)sc2c1. The summed E-state index contributed by atoms with van der Waals surface area (Å²) in [5, 5.41) is 4.13. The molecule has 1 amide bonds. The lowest BCUT2D eigenvalue weighted by molar-refractivity contribution is -0.120. The smallest absolute Gasteiger partial charge is 0.227 e. The molecule has 2 N–H and O–H groups in total. The Morgan fingerprint density at radius 1 is 1.23 bits per heavy atom. The molecule has 0 radical (unpaired) electrons. The third kappa shape index (κ3) is 4.79. The quantitative estimate of drug-likeness (QED) is 0.303. The number of nitrogens with zero attached hydrogens (tertiary/aromatic N) is 1. The maximum Gasteiger partial charge on any atom is 0.227 e. The van der Waals surface area contributed by atoms with Crippen molar-refractivity contribution >= 4 is 67.4 Å². The highest BCUT2D eigenvalue weighted by Crippen LogP contribution is 2.33. The number of thioether (sulfide) groups is 1. The molecule has 0 aliphatic heterocycles. The summed E-state index contributed by atoms with van der Waals surface area (Å²) in [5.41, 5.74) is 3.09. The molecule has 4 aromatic rings. The van der Waals surface area contributed by atoms with E-state index >= 15 is 0 Å². The molecule has 31 heavy (non-hydrogen) atoms. The Balaban J connectivity index is 1.51. The van der Waals surface area contributed by atoms with E-state index in [1.54, 1.807) is 47.4 Å². The van der Waals surface area contributed by atoms with E-state index in [1.165, 1.54) is 0 Å². The fourth-order valence-corrected chi connectivity index (χ4v) is 5.69. The van der Waals surface area contributed by atoms with Crippen LogP contribution in [0.2, 0.25) is 5.02 Å². The van der Waals surface area contributed by atoms with E-state index in [2.05, 4.69) is 15.3 Å². The van der Waals surface area contributed by atoms with Gasteiger partial charge in [0.25, 0.3) is 0 Å². The van der Waals surface area contributed by atoms with Crippen LogP contribution >= 0.6 is 34.7 Å². The number of carbonyl (C=O) groups excluding carboxylic acids is 1. The average Bonchev–Trinajstić information content (AvgIpc) is 3.16. The van der Waals surface area contributed by atoms with Gasteiger partial charge >= 0.3 is 0 Å². The standard InChI is InChI=1S/C23H22ClN3O2S2/c1-3-13(4-2)22(29)26-14-8-9-18-20(11-14)31-23(27-18)30-12-15-10-19(28)16-6-5-7-17(24)21(16)25-15/h5-11,13H,3-4,12H2,1-2H3,(H,25,28)(H,26,29). The normalized spacial score (nSPS) is 11.5. The summed E-state index contributed by atoms with van der Waals surface area (Å²) in [6, 6.07) is 12.7. The lowest BCUT2D eigenvalue weighted by Gasteiger charge is -2.12. The number of hydrogen-bond acceptors (Lipinski definition) is 5. The number of aromatic nitrogens is 2. The van der Waals surface area contributed by atoms with Gasteiger partial charge in [-0.3, -0.25) is 9.59 Å². The van der Waals surface area contributed by atoms with Crippen LogP contribution in [0.5, 0.6) is 0 Å². The van der Waals surface area contributed by atoms with E-state index < -0.39 is 0 Å². The van der Waals surface area contributed by atoms with Gasteiger partial charge in [0.2, 0.25) is 5.91 Å². The summed E-state index contributed by atoms with van der Waals surface area (Å²) >= 11 is 9.38. The van der Waals surface area contributed by atoms with Gasteiger partial charge in [-0.05, 0) is 43.2 Å². The molecule has 0 spiro atoms. The molecule has 0 bridgehead atoms. The molecule has 5 nitrogen and oxygen atoms in total. The fraction of sp³-hybridized carbons (Fsp3) is 0.261. The Kier molecular flexibility index (Phi) is 6.65. The molecule has 0 aliphatic rings. The molecule has 4 rings (SSSR count). The van der Waals surface area contributed by atoms with E-state index in [-0.39, 0.29) is 17.3 Å². The van der Waals surface area contributed by atoms with Crippen LogP contribution in [-0.4, -0.2) is 15.9 Å². The first kappa shape index (κ1) is 21.9. The highest BCUT2D eigenvalue weighted by Gasteiger charge is 2.15. The highest BCUT2D eigenvalue weighted by molar-refractivity contribution is 8.00. The van der Waals surface area contributed by atoms with Crippen LogP contribution in [0.1, 0.15) is 32.4 Å². The van der Waals surface area contributed by atoms with Gasteiger partial charge in [-0.25, -0.2) is 4.98 Å². The first-order valence-electron chi connectivity index (χ1n) is 10.1. The second-order valence-corrected chi connectivity index (χ2v) is 9.94. The zero-order valence-electron chi connectivity index (χ0n) is 17.2. The molecule has 0 saturated carbocycles. The predicted molar refractivity (Wildman–Crippen MR) is 131 cm³/mol. The van der Waals surface area contributed by atoms with E-state index in [4.69, 9.17) is 11.6 Å². The summed E-state index contributed by atoms with van der Waals surface area (Å²) in [7, 11) is 0. The van der Waals surface area contributed by atoms with Crippen molar-refractivity contribution in [2.24, 2.45) is 5.92 Å². The van der Waals surface area contributed by atoms with Gasteiger partial charge in [0, 0.05) is 34.5 Å². The van der Waals surface area contributed by atoms with Gasteiger partial charge in [-0.15, -0.1) is 11.3 Å². The molecular formula is C23H22ClN3O2S2. The second-order valence-electron chi connectivity index (χ2n) is 7.27. The minimum Gasteiger partial charge on any atom is -0.356 e. The minimum atomic E-state index is -0.0472. The molecule has 2 heterocycles. The van der Waals surface area contributed by atoms with Crippen molar-refractivity contribution in [3.8, 4) is 0 Å². The number of amides is 1. The molecule has 2 aromatic carbocycles. The monoisotopic (exact) mass is 471 g/mol. The van der Waals surface area contributed by atoms with Crippen molar-refractivity contribution in [1.29, 1.82) is 0 Å². The molecule has 0 aliphatic carbocycles. The van der Waals surface area contributed by atoms with E-state index in [0.29, 0.717) is 21.7 Å². The Bertz CT molecular complexity index is 1310. The van der Waals surface area contributed by atoms with Gasteiger partial charge in [0.15, 0.2) is 9.77 Å². The first-order valence-corrected chi connectivity index (χ1v) is 12.3. The van der Waals surface area contributed by atoms with E-state index in [9.17, 15) is 9.59 Å². The number of H-pyrrole nitrogens is 1. The van der Waals surface area contributed by atoms with E-state index in [0.717, 1.165) is 38.8 Å². The van der Waals surface area contributed by atoms with Crippen LogP contribution in [-0.2, 0) is 10.5 Å². The Hall–Kier alpha value is -2.35. The number of nitrogens with one attached hydrogen (secondary N) is 2. The van der Waals surface area contributed by atoms with Crippen molar-refractivity contribution in [3.05, 3.63) is 63.4 Å². The molecule has 8 heteroatoms. The fourth-order valence-electron chi connectivity index (χ4n) is 3.45. The van der Waals surface area contributed by atoms with Gasteiger partial charge in [-0.1, -0.05) is 43.3 Å². The summed E-state index contributed by atoms with van der Waals surface area (Å²) in [5.74, 6) is 0.664. The lowest BCUT2D eigenvalue weighted by atomic mass is 10.0. The van der Waals surface area contributed by atoms with Crippen molar-refractivity contribution in [3.63, 3.8) is 0 Å². The Morgan fingerprint density at radius 2 is 2.03 bits per heavy atom. The van der Waals surface area contributed by atoms with Crippen LogP contribution in [0.3, 0.4) is 0 Å². The van der Waals surface area contributed by atoms with Crippen LogP contribution in [0.15, 0.2) is 51.6 Å². The Morgan fingerprint density at radius 3 is 2.81 bits per heavy atom. The third-order valence-electron chi connectivity index (χ3n) is 5.21. The van der Waals surface area contributed by atoms with Crippen LogP contribution in [0, 0.1) is 5.92 Å². The number of aromatic amines is 1. The number of hydrogen-bond donors (Lipinski definition) is 2. The van der Waals surface area contributed by atoms with Gasteiger partial charge in [-0.2, -0.15) is 0 Å². The molecule has 0 fully saturated rings. The molecule has 0 saturated heterocycles. The number of rotatable bonds is 7. The summed E-state index contributed by atoms with van der Waals surface area (Å²) in [6.45, 7) is 4.06. The van der Waals surface area contributed by atoms with Crippen LogP contribution < -0.4 is 10.7 Å². The maximum atomic E-state index is 12.4. The molecule has 2 aromatic heterocycles. The largest absolute Gasteiger partial charge is 0.356 e. The average molecular weight is 472 g/mol. The molecule has 160 valence electrons. The zero-order valence-corrected chi connectivity index (χ0v) is 19.6. The molecular weight excluding hydrogens is 450 g/mol. The summed E-state index contributed by atoms with van der Waals surface area (Å²) in [4.78, 5) is 32.7. The third-order valence-corrected chi connectivity index (χ3v) is 7.74. The van der Waals surface area contributed by atoms with Crippen molar-refractivity contribution < 1.29 is 4.79 Å². The van der Waals surface area contributed by atoms with Gasteiger partial charge in [0.1, 0.15) is 0 Å². The van der Waals surface area contributed by atoms with Gasteiger partial charge in [0.05, 0.1) is 20.8 Å². The summed E-state index contributed by atoms with van der Waals surface area (Å²) < 4.78 is 1.92. The van der Waals surface area contributed by atoms with Gasteiger partial charge < -0.3 is 10.3 Å². The number of thiazole rings is 1. The van der Waals surface area contributed by atoms with Crippen LogP contribution in [0.4, 0.5) is 5.69 Å². The Labute approximate surface area is 193 Å². The number of pyridine rings is 1. The number of anilines is 1. The molecule has 0 unspecified atom stereocenters. The number of para-hydroxylation sites is 1. The first-order chi connectivity index (χ1) is 15.0. The number of benzene rings is 2. The number of halogens is 1. The zero-order chi connectivity index (χ0) is 22.0. The second kappa shape index (κ2) is 9.42. The highest BCUT2D eigenvalue weighted by atomic mass is 35.5. The predicted octanol–water partition coefficient (Wildman–Crippen LogP) is 6.46. The van der Waals surface area contributed by atoms with Crippen molar-refractivity contribution in [2.45, 2.75) is 36.8 Å². The summed E-state index contributed by atoms with van der Waals surface area (Å²) in [6.07, 6.45) is 1.65. The van der Waals surface area contributed by atoms with Crippen LogP contribution in [0.25, 0.3) is 21.1 Å². The number of carbonyl (C=O) groups is 1. The van der Waals surface area contributed by atoms with E-state index in [1.807, 2.05) is 32.0 Å². The molecule has 0 atom stereocenters.